The average Bonchev–Trinajstić information content (AvgIpc) is 2.22. The number of halogens is 1. The van der Waals surface area contributed by atoms with Gasteiger partial charge in [-0.2, -0.15) is 0 Å². The standard InChI is InChI=1S/C14H21FN2O2/c1-9(2)7-14(3,19)8-17-13(18)10-4-11(15)6-12(16)5-10/h4-6,9,19H,7-8,16H2,1-3H3,(H,17,18). The van der Waals surface area contributed by atoms with Crippen LogP contribution in [0, 0.1) is 11.7 Å². The molecular formula is C14H21FN2O2. The lowest BCUT2D eigenvalue weighted by atomic mass is 9.94. The number of nitrogen functional groups attached to an aromatic ring is 1. The van der Waals surface area contributed by atoms with Crippen molar-refractivity contribution in [3.63, 3.8) is 0 Å². The number of aliphatic hydroxyl groups is 1. The van der Waals surface area contributed by atoms with Gasteiger partial charge >= 0.3 is 0 Å². The monoisotopic (exact) mass is 268 g/mol. The maximum Gasteiger partial charge on any atom is 0.251 e. The van der Waals surface area contributed by atoms with Crippen molar-refractivity contribution in [1.82, 2.24) is 5.32 Å². The summed E-state index contributed by atoms with van der Waals surface area (Å²) in [6, 6.07) is 3.66. The number of nitrogens with two attached hydrogens (primary N) is 1. The van der Waals surface area contributed by atoms with Crippen molar-refractivity contribution in [3.8, 4) is 0 Å². The summed E-state index contributed by atoms with van der Waals surface area (Å²) < 4.78 is 13.1. The number of nitrogens with one attached hydrogen (secondary N) is 1. The van der Waals surface area contributed by atoms with Crippen molar-refractivity contribution >= 4 is 11.6 Å². The molecule has 1 atom stereocenters. The van der Waals surface area contributed by atoms with E-state index in [0.29, 0.717) is 12.3 Å². The van der Waals surface area contributed by atoms with Crippen molar-refractivity contribution in [2.75, 3.05) is 12.3 Å². The first-order chi connectivity index (χ1) is 8.69. The fourth-order valence-electron chi connectivity index (χ4n) is 2.07. The van der Waals surface area contributed by atoms with Crippen LogP contribution in [0.25, 0.3) is 0 Å². The number of carbonyl (C=O) groups excluding carboxylic acids is 1. The summed E-state index contributed by atoms with van der Waals surface area (Å²) in [6.07, 6.45) is 0.568. The first-order valence-corrected chi connectivity index (χ1v) is 6.26. The van der Waals surface area contributed by atoms with Crippen molar-refractivity contribution in [2.45, 2.75) is 32.8 Å². The second kappa shape index (κ2) is 6.02. The Bertz CT molecular complexity index is 439. The Morgan fingerprint density at radius 1 is 1.47 bits per heavy atom. The predicted octanol–water partition coefficient (Wildman–Crippen LogP) is 1.93. The molecule has 4 nitrogen and oxygen atoms in total. The predicted molar refractivity (Wildman–Crippen MR) is 73.2 cm³/mol. The molecule has 19 heavy (non-hydrogen) atoms. The van der Waals surface area contributed by atoms with Crippen LogP contribution in [0.2, 0.25) is 0 Å². The zero-order valence-corrected chi connectivity index (χ0v) is 11.5. The highest BCUT2D eigenvalue weighted by Gasteiger charge is 2.22. The quantitative estimate of drug-likeness (QED) is 0.714. The second-order valence-corrected chi connectivity index (χ2v) is 5.55. The van der Waals surface area contributed by atoms with Crippen molar-refractivity contribution in [3.05, 3.63) is 29.6 Å². The molecule has 0 fully saturated rings. The molecule has 0 heterocycles. The van der Waals surface area contributed by atoms with E-state index in [2.05, 4.69) is 5.32 Å². The first kappa shape index (κ1) is 15.4. The highest BCUT2D eigenvalue weighted by Crippen LogP contribution is 2.16. The van der Waals surface area contributed by atoms with E-state index in [0.717, 1.165) is 12.1 Å². The van der Waals surface area contributed by atoms with Crippen LogP contribution in [-0.2, 0) is 0 Å². The number of benzene rings is 1. The Kier molecular flexibility index (Phi) is 4.89. The van der Waals surface area contributed by atoms with Crippen LogP contribution in [0.15, 0.2) is 18.2 Å². The molecule has 0 aliphatic heterocycles. The molecular weight excluding hydrogens is 247 g/mol. The van der Waals surface area contributed by atoms with Gasteiger partial charge in [-0.3, -0.25) is 4.79 Å². The van der Waals surface area contributed by atoms with Crippen LogP contribution < -0.4 is 11.1 Å². The molecule has 106 valence electrons. The summed E-state index contributed by atoms with van der Waals surface area (Å²) in [4.78, 5) is 11.8. The third-order valence-corrected chi connectivity index (χ3v) is 2.66. The Hall–Kier alpha value is -1.62. The topological polar surface area (TPSA) is 75.3 Å². The van der Waals surface area contributed by atoms with Gasteiger partial charge in [0.25, 0.3) is 5.91 Å². The fraction of sp³-hybridized carbons (Fsp3) is 0.500. The van der Waals surface area contributed by atoms with Crippen LogP contribution in [0.3, 0.4) is 0 Å². The van der Waals surface area contributed by atoms with Crippen molar-refractivity contribution in [1.29, 1.82) is 0 Å². The Labute approximate surface area is 112 Å². The van der Waals surface area contributed by atoms with E-state index in [1.807, 2.05) is 13.8 Å². The van der Waals surface area contributed by atoms with Gasteiger partial charge in [0.15, 0.2) is 0 Å². The molecule has 0 aromatic heterocycles. The van der Waals surface area contributed by atoms with Gasteiger partial charge in [-0.05, 0) is 37.5 Å². The van der Waals surface area contributed by atoms with E-state index in [9.17, 15) is 14.3 Å². The maximum atomic E-state index is 13.1. The molecule has 5 heteroatoms. The van der Waals surface area contributed by atoms with Gasteiger partial charge in [-0.25, -0.2) is 4.39 Å². The van der Waals surface area contributed by atoms with Crippen LogP contribution in [-0.4, -0.2) is 23.2 Å². The third-order valence-electron chi connectivity index (χ3n) is 2.66. The van der Waals surface area contributed by atoms with E-state index in [4.69, 9.17) is 5.73 Å². The van der Waals surface area contributed by atoms with Gasteiger partial charge in [0.05, 0.1) is 5.60 Å². The van der Waals surface area contributed by atoms with Gasteiger partial charge < -0.3 is 16.2 Å². The Balaban J connectivity index is 2.65. The Morgan fingerprint density at radius 2 is 2.11 bits per heavy atom. The zero-order chi connectivity index (χ0) is 14.6. The molecule has 0 aliphatic carbocycles. The summed E-state index contributed by atoms with van der Waals surface area (Å²) in [5, 5.41) is 12.7. The van der Waals surface area contributed by atoms with Gasteiger partial charge in [0, 0.05) is 17.8 Å². The number of anilines is 1. The smallest absolute Gasteiger partial charge is 0.251 e. The van der Waals surface area contributed by atoms with Gasteiger partial charge in [0.2, 0.25) is 0 Å². The van der Waals surface area contributed by atoms with E-state index in [1.54, 1.807) is 6.92 Å². The minimum atomic E-state index is -0.983. The summed E-state index contributed by atoms with van der Waals surface area (Å²) in [6.45, 7) is 5.75. The summed E-state index contributed by atoms with van der Waals surface area (Å²) >= 11 is 0. The number of amides is 1. The molecule has 1 aromatic carbocycles. The second-order valence-electron chi connectivity index (χ2n) is 5.55. The Morgan fingerprint density at radius 3 is 2.63 bits per heavy atom. The molecule has 0 bridgehead atoms. The largest absolute Gasteiger partial charge is 0.399 e. The van der Waals surface area contributed by atoms with Crippen LogP contribution in [0.5, 0.6) is 0 Å². The molecule has 0 aliphatic rings. The van der Waals surface area contributed by atoms with Crippen LogP contribution >= 0.6 is 0 Å². The fourth-order valence-corrected chi connectivity index (χ4v) is 2.07. The van der Waals surface area contributed by atoms with Crippen LogP contribution in [0.1, 0.15) is 37.6 Å². The van der Waals surface area contributed by atoms with Gasteiger partial charge in [-0.1, -0.05) is 13.8 Å². The lowest BCUT2D eigenvalue weighted by Gasteiger charge is -2.25. The van der Waals surface area contributed by atoms with Gasteiger partial charge in [0.1, 0.15) is 5.82 Å². The maximum absolute atomic E-state index is 13.1. The molecule has 0 radical (unpaired) electrons. The number of hydrogen-bond donors (Lipinski definition) is 3. The molecule has 1 aromatic rings. The van der Waals surface area contributed by atoms with E-state index >= 15 is 0 Å². The normalized spacial score (nSPS) is 14.2. The lowest BCUT2D eigenvalue weighted by molar-refractivity contribution is 0.0368. The first-order valence-electron chi connectivity index (χ1n) is 6.26. The molecule has 1 unspecified atom stereocenters. The SMILES string of the molecule is CC(C)CC(C)(O)CNC(=O)c1cc(N)cc(F)c1. The minimum absolute atomic E-state index is 0.112. The number of carbonyl (C=O) groups is 1. The van der Waals surface area contributed by atoms with Crippen molar-refractivity contribution in [2.24, 2.45) is 5.92 Å². The molecule has 0 spiro atoms. The lowest BCUT2D eigenvalue weighted by Crippen LogP contribution is -2.41. The number of rotatable bonds is 5. The zero-order valence-electron chi connectivity index (χ0n) is 11.5. The average molecular weight is 268 g/mol. The summed E-state index contributed by atoms with van der Waals surface area (Å²) in [5.74, 6) is -0.689. The number of hydrogen-bond acceptors (Lipinski definition) is 3. The van der Waals surface area contributed by atoms with Crippen LogP contribution in [0.4, 0.5) is 10.1 Å². The third kappa shape index (κ3) is 5.26. The molecule has 4 N–H and O–H groups in total. The van der Waals surface area contributed by atoms with Crippen molar-refractivity contribution < 1.29 is 14.3 Å². The van der Waals surface area contributed by atoms with E-state index in [-0.39, 0.29) is 17.8 Å². The molecule has 1 rings (SSSR count). The highest BCUT2D eigenvalue weighted by atomic mass is 19.1. The molecule has 1 amide bonds. The van der Waals surface area contributed by atoms with E-state index in [1.165, 1.54) is 6.07 Å². The highest BCUT2D eigenvalue weighted by molar-refractivity contribution is 5.95. The summed E-state index contributed by atoms with van der Waals surface area (Å²) in [5.41, 5.74) is 4.84. The van der Waals surface area contributed by atoms with E-state index < -0.39 is 17.3 Å². The molecule has 0 saturated carbocycles. The minimum Gasteiger partial charge on any atom is -0.399 e. The molecule has 0 saturated heterocycles. The van der Waals surface area contributed by atoms with Gasteiger partial charge in [-0.15, -0.1) is 0 Å². The summed E-state index contributed by atoms with van der Waals surface area (Å²) in [7, 11) is 0.